The van der Waals surface area contributed by atoms with Gasteiger partial charge in [0.15, 0.2) is 0 Å². The third-order valence-corrected chi connectivity index (χ3v) is 4.30. The molecule has 0 bridgehead atoms. The Kier molecular flexibility index (Phi) is 5.34. The van der Waals surface area contributed by atoms with Crippen molar-refractivity contribution >= 4 is 16.8 Å². The first-order valence-corrected chi connectivity index (χ1v) is 8.29. The summed E-state index contributed by atoms with van der Waals surface area (Å²) < 4.78 is 6.99. The standard InChI is InChI=1S/C20H20N2O4/c1-26-17-8-9-18-16(12-17)11-15(7-10-19(23)21-25)20(24)22(18)13-14-5-3-2-4-6-14/h2-6,8-9,11-12,25H,7,10,13H2,1H3,(H,21,23). The molecule has 0 atom stereocenters. The molecule has 2 aromatic carbocycles. The highest BCUT2D eigenvalue weighted by molar-refractivity contribution is 5.82. The van der Waals surface area contributed by atoms with Crippen LogP contribution in [0.4, 0.5) is 0 Å². The van der Waals surface area contributed by atoms with Gasteiger partial charge in [0.25, 0.3) is 5.56 Å². The number of pyridine rings is 1. The number of hydroxylamine groups is 1. The lowest BCUT2D eigenvalue weighted by Crippen LogP contribution is -2.26. The van der Waals surface area contributed by atoms with E-state index >= 15 is 0 Å². The summed E-state index contributed by atoms with van der Waals surface area (Å²) in [7, 11) is 1.59. The number of nitrogens with one attached hydrogen (secondary N) is 1. The number of amides is 1. The normalized spacial score (nSPS) is 10.7. The molecule has 2 N–H and O–H groups in total. The molecule has 0 saturated heterocycles. The number of aromatic nitrogens is 1. The summed E-state index contributed by atoms with van der Waals surface area (Å²) in [6.07, 6.45) is 0.277. The molecular formula is C20H20N2O4. The first kappa shape index (κ1) is 17.7. The summed E-state index contributed by atoms with van der Waals surface area (Å²) in [5.41, 5.74) is 3.79. The van der Waals surface area contributed by atoms with Gasteiger partial charge < -0.3 is 9.30 Å². The maximum absolute atomic E-state index is 13.0. The zero-order valence-corrected chi connectivity index (χ0v) is 14.4. The number of carbonyl (C=O) groups excluding carboxylic acids is 1. The number of nitrogens with zero attached hydrogens (tertiary/aromatic N) is 1. The zero-order chi connectivity index (χ0) is 18.5. The molecule has 0 aliphatic rings. The van der Waals surface area contributed by atoms with Gasteiger partial charge in [0.1, 0.15) is 5.75 Å². The molecule has 0 unspecified atom stereocenters. The molecule has 0 saturated carbocycles. The molecule has 3 rings (SSSR count). The molecule has 1 aromatic heterocycles. The van der Waals surface area contributed by atoms with E-state index in [1.54, 1.807) is 23.2 Å². The van der Waals surface area contributed by atoms with E-state index in [1.807, 2.05) is 48.5 Å². The first-order chi connectivity index (χ1) is 12.6. The van der Waals surface area contributed by atoms with Gasteiger partial charge in [-0.1, -0.05) is 30.3 Å². The third kappa shape index (κ3) is 3.75. The van der Waals surface area contributed by atoms with Crippen LogP contribution in [0.1, 0.15) is 17.5 Å². The van der Waals surface area contributed by atoms with Gasteiger partial charge >= 0.3 is 0 Å². The van der Waals surface area contributed by atoms with E-state index in [1.165, 1.54) is 0 Å². The number of fused-ring (bicyclic) bond motifs is 1. The van der Waals surface area contributed by atoms with Crippen LogP contribution in [-0.4, -0.2) is 22.8 Å². The van der Waals surface area contributed by atoms with Gasteiger partial charge in [0.05, 0.1) is 19.2 Å². The van der Waals surface area contributed by atoms with Gasteiger partial charge in [-0.2, -0.15) is 0 Å². The van der Waals surface area contributed by atoms with E-state index in [-0.39, 0.29) is 18.4 Å². The number of ether oxygens (including phenoxy) is 1. The largest absolute Gasteiger partial charge is 0.497 e. The number of rotatable bonds is 6. The van der Waals surface area contributed by atoms with Gasteiger partial charge in [-0.15, -0.1) is 0 Å². The summed E-state index contributed by atoms with van der Waals surface area (Å²) in [4.78, 5) is 24.3. The minimum Gasteiger partial charge on any atom is -0.497 e. The number of hydrogen-bond acceptors (Lipinski definition) is 4. The van der Waals surface area contributed by atoms with Crippen molar-refractivity contribution in [2.24, 2.45) is 0 Å². The second-order valence-electron chi connectivity index (χ2n) is 6.01. The topological polar surface area (TPSA) is 80.6 Å². The molecule has 0 radical (unpaired) electrons. The lowest BCUT2D eigenvalue weighted by atomic mass is 10.1. The van der Waals surface area contributed by atoms with Crippen LogP contribution in [0.2, 0.25) is 0 Å². The number of methoxy groups -OCH3 is 1. The molecule has 26 heavy (non-hydrogen) atoms. The first-order valence-electron chi connectivity index (χ1n) is 8.29. The third-order valence-electron chi connectivity index (χ3n) is 4.30. The highest BCUT2D eigenvalue weighted by Crippen LogP contribution is 2.21. The molecule has 134 valence electrons. The average Bonchev–Trinajstić information content (AvgIpc) is 2.68. The predicted molar refractivity (Wildman–Crippen MR) is 98.6 cm³/mol. The Balaban J connectivity index is 2.11. The van der Waals surface area contributed by atoms with Crippen molar-refractivity contribution in [2.75, 3.05) is 7.11 Å². The van der Waals surface area contributed by atoms with Crippen molar-refractivity contribution in [3.63, 3.8) is 0 Å². The van der Waals surface area contributed by atoms with Crippen molar-refractivity contribution < 1.29 is 14.7 Å². The number of benzene rings is 2. The lowest BCUT2D eigenvalue weighted by Gasteiger charge is -2.14. The second-order valence-corrected chi connectivity index (χ2v) is 6.01. The average molecular weight is 352 g/mol. The van der Waals surface area contributed by atoms with Gasteiger partial charge in [-0.25, -0.2) is 5.48 Å². The summed E-state index contributed by atoms with van der Waals surface area (Å²) in [5.74, 6) is 0.172. The fraction of sp³-hybridized carbons (Fsp3) is 0.200. The van der Waals surface area contributed by atoms with Crippen LogP contribution in [0.5, 0.6) is 5.75 Å². The van der Waals surface area contributed by atoms with Gasteiger partial charge in [0, 0.05) is 17.4 Å². The monoisotopic (exact) mass is 352 g/mol. The number of carbonyl (C=O) groups is 1. The van der Waals surface area contributed by atoms with E-state index in [4.69, 9.17) is 9.94 Å². The minimum absolute atomic E-state index is 0.0343. The summed E-state index contributed by atoms with van der Waals surface area (Å²) in [6, 6.07) is 17.1. The van der Waals surface area contributed by atoms with Crippen LogP contribution in [-0.2, 0) is 17.8 Å². The van der Waals surface area contributed by atoms with Crippen LogP contribution < -0.4 is 15.8 Å². The van der Waals surface area contributed by atoms with Crippen molar-refractivity contribution in [3.8, 4) is 5.75 Å². The van der Waals surface area contributed by atoms with Crippen LogP contribution in [0.15, 0.2) is 59.4 Å². The van der Waals surface area contributed by atoms with E-state index in [9.17, 15) is 9.59 Å². The van der Waals surface area contributed by atoms with Gasteiger partial charge in [0.2, 0.25) is 5.91 Å². The SMILES string of the molecule is COc1ccc2c(c1)cc(CCC(=O)NO)c(=O)n2Cc1ccccc1. The minimum atomic E-state index is -0.523. The number of aryl methyl sites for hydroxylation is 1. The summed E-state index contributed by atoms with van der Waals surface area (Å²) in [6.45, 7) is 0.433. The van der Waals surface area contributed by atoms with E-state index in [0.29, 0.717) is 17.9 Å². The highest BCUT2D eigenvalue weighted by Gasteiger charge is 2.12. The second kappa shape index (κ2) is 7.84. The Hall–Kier alpha value is -3.12. The van der Waals surface area contributed by atoms with Crippen LogP contribution in [0, 0.1) is 0 Å². The van der Waals surface area contributed by atoms with Crippen molar-refractivity contribution in [1.29, 1.82) is 0 Å². The van der Waals surface area contributed by atoms with E-state index in [2.05, 4.69) is 0 Å². The molecule has 6 nitrogen and oxygen atoms in total. The van der Waals surface area contributed by atoms with Crippen LogP contribution in [0.3, 0.4) is 0 Å². The number of hydrogen-bond donors (Lipinski definition) is 2. The molecule has 1 amide bonds. The predicted octanol–water partition coefficient (Wildman–Crippen LogP) is 2.50. The molecule has 6 heteroatoms. The smallest absolute Gasteiger partial charge is 0.254 e. The Morgan fingerprint density at radius 1 is 1.15 bits per heavy atom. The molecule has 0 spiro atoms. The molecular weight excluding hydrogens is 332 g/mol. The Morgan fingerprint density at radius 3 is 2.62 bits per heavy atom. The van der Waals surface area contributed by atoms with Crippen LogP contribution in [0.25, 0.3) is 10.9 Å². The molecule has 1 heterocycles. The molecule has 3 aromatic rings. The van der Waals surface area contributed by atoms with Gasteiger partial charge in [-0.05, 0) is 36.2 Å². The molecule has 0 fully saturated rings. The maximum Gasteiger partial charge on any atom is 0.254 e. The quantitative estimate of drug-likeness (QED) is 0.528. The Morgan fingerprint density at radius 2 is 1.92 bits per heavy atom. The summed E-state index contributed by atoms with van der Waals surface area (Å²) in [5, 5.41) is 9.53. The molecule has 0 aliphatic carbocycles. The van der Waals surface area contributed by atoms with Gasteiger partial charge in [-0.3, -0.25) is 14.8 Å². The van der Waals surface area contributed by atoms with Crippen LogP contribution >= 0.6 is 0 Å². The van der Waals surface area contributed by atoms with Crippen molar-refractivity contribution in [1.82, 2.24) is 10.0 Å². The van der Waals surface area contributed by atoms with Crippen molar-refractivity contribution in [3.05, 3.63) is 76.1 Å². The zero-order valence-electron chi connectivity index (χ0n) is 14.4. The fourth-order valence-electron chi connectivity index (χ4n) is 2.96. The maximum atomic E-state index is 13.0. The lowest BCUT2D eigenvalue weighted by molar-refractivity contribution is -0.129. The van der Waals surface area contributed by atoms with E-state index < -0.39 is 5.91 Å². The fourth-order valence-corrected chi connectivity index (χ4v) is 2.96. The molecule has 0 aliphatic heterocycles. The Labute approximate surface area is 150 Å². The van der Waals surface area contributed by atoms with Crippen molar-refractivity contribution in [2.45, 2.75) is 19.4 Å². The van der Waals surface area contributed by atoms with E-state index in [0.717, 1.165) is 16.5 Å². The summed E-state index contributed by atoms with van der Waals surface area (Å²) >= 11 is 0. The Bertz CT molecular complexity index is 980. The highest BCUT2D eigenvalue weighted by atomic mass is 16.5.